The molecule has 3 rings (SSSR count). The van der Waals surface area contributed by atoms with Crippen LogP contribution in [0.4, 0.5) is 0 Å². The molecule has 0 saturated carbocycles. The molecule has 1 fully saturated rings. The summed E-state index contributed by atoms with van der Waals surface area (Å²) < 4.78 is 25.1. The summed E-state index contributed by atoms with van der Waals surface area (Å²) in [5.41, 5.74) is -0.432. The van der Waals surface area contributed by atoms with E-state index < -0.39 is 50.1 Å². The molecule has 0 radical (unpaired) electrons. The summed E-state index contributed by atoms with van der Waals surface area (Å²) in [5, 5.41) is 0. The number of hydrogen-bond donors (Lipinski definition) is 1. The third-order valence-electron chi connectivity index (χ3n) is 9.24. The summed E-state index contributed by atoms with van der Waals surface area (Å²) in [4.78, 5) is 52.8. The fraction of sp³-hybridized carbons (Fsp3) is 0.719. The van der Waals surface area contributed by atoms with Crippen LogP contribution in [0.3, 0.4) is 0 Å². The molecular weight excluding hydrogens is 580 g/mol. The summed E-state index contributed by atoms with van der Waals surface area (Å²) in [6.45, 7) is 17.8. The highest BCUT2D eigenvalue weighted by atomic mass is 28.4. The number of Topliss-reactive ketones (excluding diaryl/α,β-unsaturated/α-hetero) is 1. The van der Waals surface area contributed by atoms with Crippen LogP contribution in [0, 0.1) is 6.92 Å². The van der Waals surface area contributed by atoms with E-state index in [1.165, 1.54) is 16.8 Å². The first kappa shape index (κ1) is 35.6. The zero-order chi connectivity index (χ0) is 32.8. The molecular formula is C32H53N4O7Si+. The number of aryl methyl sites for hydroxylation is 2. The molecule has 246 valence electrons. The number of nitrogens with one attached hydrogen (secondary N) is 1. The van der Waals surface area contributed by atoms with E-state index in [-0.39, 0.29) is 35.2 Å². The maximum absolute atomic E-state index is 13.2. The van der Waals surface area contributed by atoms with Crippen LogP contribution in [0.1, 0.15) is 99.0 Å². The van der Waals surface area contributed by atoms with Gasteiger partial charge < -0.3 is 13.9 Å². The van der Waals surface area contributed by atoms with Crippen molar-refractivity contribution in [2.24, 2.45) is 7.05 Å². The monoisotopic (exact) mass is 633 g/mol. The molecule has 0 aliphatic carbocycles. The Labute approximate surface area is 262 Å². The number of carbonyl (C=O) groups is 2. The van der Waals surface area contributed by atoms with Crippen LogP contribution in [0.25, 0.3) is 0 Å². The predicted octanol–water partition coefficient (Wildman–Crippen LogP) is 4.47. The largest absolute Gasteiger partial charge is 0.457 e. The van der Waals surface area contributed by atoms with Gasteiger partial charge in [-0.2, -0.15) is 0 Å². The summed E-state index contributed by atoms with van der Waals surface area (Å²) in [7, 11) is -0.524. The minimum atomic E-state index is -2.53. The summed E-state index contributed by atoms with van der Waals surface area (Å²) in [6, 6.07) is 1.27. The molecule has 1 unspecified atom stereocenters. The number of aromatic amines is 1. The van der Waals surface area contributed by atoms with E-state index in [2.05, 4.69) is 62.6 Å². The van der Waals surface area contributed by atoms with E-state index in [0.29, 0.717) is 12.8 Å². The van der Waals surface area contributed by atoms with Crippen LogP contribution >= 0.6 is 0 Å². The number of rotatable bonds is 16. The van der Waals surface area contributed by atoms with Crippen molar-refractivity contribution in [1.29, 1.82) is 0 Å². The quantitative estimate of drug-likeness (QED) is 0.125. The van der Waals surface area contributed by atoms with Crippen molar-refractivity contribution in [1.82, 2.24) is 14.1 Å². The Kier molecular flexibility index (Phi) is 12.5. The van der Waals surface area contributed by atoms with Gasteiger partial charge in [-0.1, -0.05) is 48.5 Å². The van der Waals surface area contributed by atoms with Gasteiger partial charge >= 0.3 is 11.7 Å². The first-order chi connectivity index (χ1) is 20.7. The van der Waals surface area contributed by atoms with Crippen LogP contribution < -0.4 is 15.8 Å². The molecule has 3 heterocycles. The molecule has 1 aliphatic rings. The lowest BCUT2D eigenvalue weighted by molar-refractivity contribution is -0.702. The first-order valence-electron chi connectivity index (χ1n) is 16.1. The Bertz CT molecular complexity index is 1360. The SMILES string of the molecule is CC[C@H]1O[C@@H](n2ccc(=O)[nH]c2=O)C(O[Si](C(C)C)(C(C)C)C(C)C)[C@H]1OC(=O)CCC(=O)CCCC[n+]1ccn(C)c1C. The van der Waals surface area contributed by atoms with E-state index in [4.69, 9.17) is 13.9 Å². The van der Waals surface area contributed by atoms with Gasteiger partial charge in [0.2, 0.25) is 8.32 Å². The molecule has 2 aromatic rings. The molecule has 0 amide bonds. The highest BCUT2D eigenvalue weighted by molar-refractivity contribution is 6.77. The Balaban J connectivity index is 1.74. The molecule has 0 bridgehead atoms. The molecule has 1 aliphatic heterocycles. The third kappa shape index (κ3) is 8.05. The molecule has 44 heavy (non-hydrogen) atoms. The standard InChI is InChI=1S/C32H52N4O7Si/c1-10-26-29(42-28(39)15-14-25(37)13-11-12-17-35-20-19-34(9)24(35)8)30(43-44(21(2)3,22(4)5)23(6)7)31(41-26)36-18-16-27(38)33-32(36)40/h16,18-23,26,29-31H,10-15,17H2,1-9H3/p+1/t26-,29+,30?,31-/m1/s1. The van der Waals surface area contributed by atoms with Gasteiger partial charge in [-0.15, -0.1) is 0 Å². The highest BCUT2D eigenvalue weighted by Crippen LogP contribution is 2.47. The fourth-order valence-corrected chi connectivity index (χ4v) is 12.4. The second-order valence-corrected chi connectivity index (χ2v) is 18.4. The van der Waals surface area contributed by atoms with Crippen molar-refractivity contribution < 1.29 is 28.1 Å². The molecule has 4 atom stereocenters. The number of carbonyl (C=O) groups excluding carboxylic acids is 2. The Morgan fingerprint density at radius 2 is 1.66 bits per heavy atom. The fourth-order valence-electron chi connectivity index (χ4n) is 6.82. The Morgan fingerprint density at radius 1 is 1.00 bits per heavy atom. The van der Waals surface area contributed by atoms with Crippen molar-refractivity contribution in [2.75, 3.05) is 0 Å². The minimum Gasteiger partial charge on any atom is -0.457 e. The molecule has 0 spiro atoms. The van der Waals surface area contributed by atoms with Gasteiger partial charge in [-0.05, 0) is 35.9 Å². The molecule has 1 saturated heterocycles. The van der Waals surface area contributed by atoms with E-state index in [9.17, 15) is 19.2 Å². The van der Waals surface area contributed by atoms with Crippen molar-refractivity contribution in [3.05, 3.63) is 51.3 Å². The van der Waals surface area contributed by atoms with Gasteiger partial charge in [0, 0.05) is 32.0 Å². The van der Waals surface area contributed by atoms with Gasteiger partial charge in [-0.25, -0.2) is 13.9 Å². The van der Waals surface area contributed by atoms with E-state index in [1.54, 1.807) is 0 Å². The number of hydrogen-bond acceptors (Lipinski definition) is 7. The topological polar surface area (TPSA) is 126 Å². The van der Waals surface area contributed by atoms with Crippen molar-refractivity contribution >= 4 is 20.1 Å². The maximum Gasteiger partial charge on any atom is 0.330 e. The van der Waals surface area contributed by atoms with Gasteiger partial charge in [-0.3, -0.25) is 23.9 Å². The smallest absolute Gasteiger partial charge is 0.330 e. The summed E-state index contributed by atoms with van der Waals surface area (Å²) in [6.07, 6.45) is 5.13. The second kappa shape index (κ2) is 15.4. The molecule has 0 aromatic carbocycles. The summed E-state index contributed by atoms with van der Waals surface area (Å²) >= 11 is 0. The normalized spacial score (nSPS) is 20.6. The van der Waals surface area contributed by atoms with Gasteiger partial charge in [0.1, 0.15) is 24.3 Å². The number of unbranched alkanes of at least 4 members (excludes halogenated alkanes) is 1. The second-order valence-electron chi connectivity index (χ2n) is 13.0. The number of H-pyrrole nitrogens is 1. The van der Waals surface area contributed by atoms with Crippen LogP contribution in [0.15, 0.2) is 34.2 Å². The number of aromatic nitrogens is 4. The van der Waals surface area contributed by atoms with Gasteiger partial charge in [0.05, 0.1) is 26.1 Å². The lowest BCUT2D eigenvalue weighted by Gasteiger charge is -2.45. The Hall–Kier alpha value is -2.83. The molecule has 2 aromatic heterocycles. The first-order valence-corrected chi connectivity index (χ1v) is 18.2. The minimum absolute atomic E-state index is 0.0303. The van der Waals surface area contributed by atoms with Gasteiger partial charge in [0.25, 0.3) is 11.4 Å². The van der Waals surface area contributed by atoms with Crippen LogP contribution in [-0.4, -0.2) is 52.5 Å². The van der Waals surface area contributed by atoms with Crippen molar-refractivity contribution in [3.8, 4) is 0 Å². The average molecular weight is 634 g/mol. The third-order valence-corrected chi connectivity index (χ3v) is 15.3. The zero-order valence-corrected chi connectivity index (χ0v) is 29.0. The lowest BCUT2D eigenvalue weighted by atomic mass is 10.1. The maximum atomic E-state index is 13.2. The predicted molar refractivity (Wildman–Crippen MR) is 170 cm³/mol. The lowest BCUT2D eigenvalue weighted by Crippen LogP contribution is -2.54. The molecule has 12 heteroatoms. The number of imidazole rings is 1. The van der Waals surface area contributed by atoms with E-state index in [1.807, 2.05) is 26.4 Å². The number of ether oxygens (including phenoxy) is 2. The van der Waals surface area contributed by atoms with Crippen LogP contribution in [0.5, 0.6) is 0 Å². The van der Waals surface area contributed by atoms with E-state index >= 15 is 0 Å². The van der Waals surface area contributed by atoms with Crippen LogP contribution in [-0.2, 0) is 37.1 Å². The average Bonchev–Trinajstić information content (AvgIpc) is 3.45. The Morgan fingerprint density at radius 3 is 2.20 bits per heavy atom. The highest BCUT2D eigenvalue weighted by Gasteiger charge is 2.55. The van der Waals surface area contributed by atoms with E-state index in [0.717, 1.165) is 25.2 Å². The molecule has 11 nitrogen and oxygen atoms in total. The molecule has 1 N–H and O–H groups in total. The number of esters is 1. The van der Waals surface area contributed by atoms with Crippen molar-refractivity contribution in [3.63, 3.8) is 0 Å². The zero-order valence-electron chi connectivity index (χ0n) is 28.0. The van der Waals surface area contributed by atoms with Gasteiger partial charge in [0.15, 0.2) is 12.3 Å². The number of nitrogens with zero attached hydrogens (tertiary/aromatic N) is 3. The van der Waals surface area contributed by atoms with Crippen molar-refractivity contribution in [2.45, 2.75) is 142 Å². The number of ketones is 1. The van der Waals surface area contributed by atoms with Crippen LogP contribution in [0.2, 0.25) is 16.6 Å². The summed E-state index contributed by atoms with van der Waals surface area (Å²) in [5.74, 6) is 0.697.